The van der Waals surface area contributed by atoms with Crippen molar-refractivity contribution in [2.24, 2.45) is 5.10 Å². The number of aromatic nitrogens is 2. The van der Waals surface area contributed by atoms with E-state index in [9.17, 15) is 0 Å². The van der Waals surface area contributed by atoms with Gasteiger partial charge >= 0.3 is 0 Å². The van der Waals surface area contributed by atoms with Gasteiger partial charge in [0.25, 0.3) is 0 Å². The van der Waals surface area contributed by atoms with E-state index in [2.05, 4.69) is 38.4 Å². The van der Waals surface area contributed by atoms with Crippen LogP contribution in [0.2, 0.25) is 0 Å². The van der Waals surface area contributed by atoms with Gasteiger partial charge in [-0.15, -0.1) is 0 Å². The Hall–Kier alpha value is -1.99. The molecule has 2 rings (SSSR count). The third-order valence-electron chi connectivity index (χ3n) is 2.62. The van der Waals surface area contributed by atoms with Crippen LogP contribution in [0.4, 0.5) is 5.82 Å². The van der Waals surface area contributed by atoms with Gasteiger partial charge in [-0.2, -0.15) is 17.7 Å². The molecule has 2 heterocycles. The third-order valence-corrected chi connectivity index (χ3v) is 3.10. The normalized spacial score (nSPS) is 11.0. The van der Waals surface area contributed by atoms with Gasteiger partial charge in [0.05, 0.1) is 17.3 Å². The highest BCUT2D eigenvalue weighted by molar-refractivity contribution is 7.81. The number of nitrogens with one attached hydrogen (secondary N) is 2. The molecule has 7 heteroatoms. The van der Waals surface area contributed by atoms with Crippen molar-refractivity contribution in [2.75, 3.05) is 11.2 Å². The Morgan fingerprint density at radius 3 is 2.76 bits per heavy atom. The number of pyridine rings is 2. The average Bonchev–Trinajstić information content (AvgIpc) is 2.53. The molecule has 0 aliphatic carbocycles. The average molecular weight is 317 g/mol. The summed E-state index contributed by atoms with van der Waals surface area (Å²) in [6.07, 6.45) is 3.42. The first-order valence-electron chi connectivity index (χ1n) is 6.27. The first-order valence-corrected chi connectivity index (χ1v) is 7.31. The minimum atomic E-state index is 0.480. The molecular weight excluding hydrogens is 302 g/mol. The maximum atomic E-state index is 5.34. The lowest BCUT2D eigenvalue weighted by molar-refractivity contribution is 0.873. The van der Waals surface area contributed by atoms with E-state index in [1.54, 1.807) is 12.4 Å². The molecule has 0 bridgehead atoms. The van der Waals surface area contributed by atoms with Gasteiger partial charge in [0, 0.05) is 18.0 Å². The molecule has 2 aromatic rings. The predicted molar refractivity (Wildman–Crippen MR) is 93.0 cm³/mol. The van der Waals surface area contributed by atoms with Gasteiger partial charge in [-0.05, 0) is 31.2 Å². The predicted octanol–water partition coefficient (Wildman–Crippen LogP) is 2.47. The highest BCUT2D eigenvalue weighted by Crippen LogP contribution is 2.07. The third kappa shape index (κ3) is 4.51. The minimum Gasteiger partial charge on any atom is -0.331 e. The molecule has 0 aliphatic rings. The van der Waals surface area contributed by atoms with Crippen molar-refractivity contribution in [1.29, 1.82) is 0 Å². The number of hydrogen-bond acceptors (Lipinski definition) is 6. The van der Waals surface area contributed by atoms with Gasteiger partial charge in [0.2, 0.25) is 0 Å². The van der Waals surface area contributed by atoms with E-state index in [1.807, 2.05) is 37.3 Å². The molecule has 0 fully saturated rings. The molecule has 0 unspecified atom stereocenters. The minimum absolute atomic E-state index is 0.480. The number of anilines is 1. The molecule has 108 valence electrons. The lowest BCUT2D eigenvalue weighted by atomic mass is 10.2. The van der Waals surface area contributed by atoms with Crippen molar-refractivity contribution in [2.45, 2.75) is 6.92 Å². The van der Waals surface area contributed by atoms with Crippen LogP contribution in [-0.4, -0.2) is 26.5 Å². The highest BCUT2D eigenvalue weighted by atomic mass is 32.1. The second kappa shape index (κ2) is 7.70. The van der Waals surface area contributed by atoms with Gasteiger partial charge in [0.15, 0.2) is 0 Å². The van der Waals surface area contributed by atoms with Crippen molar-refractivity contribution in [3.8, 4) is 0 Å². The lowest BCUT2D eigenvalue weighted by Crippen LogP contribution is -2.13. The first-order chi connectivity index (χ1) is 10.2. The van der Waals surface area contributed by atoms with Crippen LogP contribution in [0.3, 0.4) is 0 Å². The van der Waals surface area contributed by atoms with Crippen molar-refractivity contribution in [1.82, 2.24) is 15.4 Å². The smallest absolute Gasteiger partial charge is 0.130 e. The summed E-state index contributed by atoms with van der Waals surface area (Å²) >= 11 is 9.37. The molecule has 0 atom stereocenters. The fraction of sp³-hybridized carbons (Fsp3) is 0.143. The number of hydrazone groups is 1. The van der Waals surface area contributed by atoms with E-state index in [4.69, 9.17) is 12.2 Å². The summed E-state index contributed by atoms with van der Waals surface area (Å²) in [4.78, 5) is 9.10. The maximum Gasteiger partial charge on any atom is 0.130 e. The van der Waals surface area contributed by atoms with Crippen molar-refractivity contribution in [3.05, 3.63) is 54.0 Å². The molecule has 2 aromatic heterocycles. The van der Waals surface area contributed by atoms with Crippen molar-refractivity contribution >= 4 is 41.4 Å². The van der Waals surface area contributed by atoms with Gasteiger partial charge in [-0.3, -0.25) is 4.98 Å². The van der Waals surface area contributed by atoms with E-state index in [-0.39, 0.29) is 0 Å². The van der Waals surface area contributed by atoms with Crippen LogP contribution in [0.5, 0.6) is 0 Å². The standard InChI is InChI=1S/C14H15N5S2/c1-10(19-17-9-20)12-6-5-11(8-16-12)14(21)18-13-4-2-3-7-15-13/h2-8,17,20H,9H2,1H3,(H,15,18,21). The monoisotopic (exact) mass is 317 g/mol. The van der Waals surface area contributed by atoms with Crippen LogP contribution < -0.4 is 10.7 Å². The van der Waals surface area contributed by atoms with Gasteiger partial charge in [-0.1, -0.05) is 18.3 Å². The van der Waals surface area contributed by atoms with Crippen molar-refractivity contribution in [3.63, 3.8) is 0 Å². The van der Waals surface area contributed by atoms with Crippen LogP contribution >= 0.6 is 24.8 Å². The molecule has 0 spiro atoms. The zero-order valence-electron chi connectivity index (χ0n) is 11.4. The van der Waals surface area contributed by atoms with Crippen LogP contribution in [0, 0.1) is 0 Å². The number of thiocarbonyl (C=S) groups is 1. The van der Waals surface area contributed by atoms with Crippen molar-refractivity contribution < 1.29 is 0 Å². The summed E-state index contributed by atoms with van der Waals surface area (Å²) in [6.45, 7) is 1.88. The Balaban J connectivity index is 2.06. The van der Waals surface area contributed by atoms with Gasteiger partial charge < -0.3 is 10.7 Å². The molecule has 5 nitrogen and oxygen atoms in total. The fourth-order valence-corrected chi connectivity index (χ4v) is 1.87. The second-order valence-electron chi connectivity index (χ2n) is 4.11. The molecule has 2 N–H and O–H groups in total. The Morgan fingerprint density at radius 1 is 1.29 bits per heavy atom. The SMILES string of the molecule is CC(=NNCS)c1ccc(C(=S)Nc2ccccn2)cn1. The molecular formula is C14H15N5S2. The van der Waals surface area contributed by atoms with E-state index in [1.165, 1.54) is 0 Å². The molecule has 0 radical (unpaired) electrons. The molecule has 0 amide bonds. The molecule has 0 aromatic carbocycles. The maximum absolute atomic E-state index is 5.34. The Morgan fingerprint density at radius 2 is 2.14 bits per heavy atom. The Labute approximate surface area is 134 Å². The lowest BCUT2D eigenvalue weighted by Gasteiger charge is -2.07. The number of thiol groups is 1. The fourth-order valence-electron chi connectivity index (χ4n) is 1.58. The number of nitrogens with zero attached hydrogens (tertiary/aromatic N) is 3. The first kappa shape index (κ1) is 15.4. The highest BCUT2D eigenvalue weighted by Gasteiger charge is 2.05. The zero-order valence-corrected chi connectivity index (χ0v) is 13.2. The van der Waals surface area contributed by atoms with Gasteiger partial charge in [0.1, 0.15) is 10.8 Å². The molecule has 0 saturated heterocycles. The van der Waals surface area contributed by atoms with Crippen LogP contribution in [0.25, 0.3) is 0 Å². The van der Waals surface area contributed by atoms with Crippen LogP contribution in [0.15, 0.2) is 47.8 Å². The summed E-state index contributed by atoms with van der Waals surface area (Å²) in [5.74, 6) is 1.19. The Bertz CT molecular complexity index is 626. The van der Waals surface area contributed by atoms with E-state index in [0.717, 1.165) is 17.0 Å². The molecule has 0 saturated carbocycles. The number of rotatable bonds is 5. The largest absolute Gasteiger partial charge is 0.331 e. The summed E-state index contributed by atoms with van der Waals surface area (Å²) in [5, 5.41) is 7.19. The number of hydrogen-bond donors (Lipinski definition) is 3. The topological polar surface area (TPSA) is 62.2 Å². The van der Waals surface area contributed by atoms with E-state index in [0.29, 0.717) is 16.7 Å². The van der Waals surface area contributed by atoms with Crippen LogP contribution in [-0.2, 0) is 0 Å². The van der Waals surface area contributed by atoms with Gasteiger partial charge in [-0.25, -0.2) is 4.98 Å². The molecule has 0 aliphatic heterocycles. The quantitative estimate of drug-likeness (QED) is 0.260. The van der Waals surface area contributed by atoms with E-state index >= 15 is 0 Å². The van der Waals surface area contributed by atoms with E-state index < -0.39 is 0 Å². The molecule has 21 heavy (non-hydrogen) atoms. The van der Waals surface area contributed by atoms with Crippen LogP contribution in [0.1, 0.15) is 18.2 Å². The summed E-state index contributed by atoms with van der Waals surface area (Å²) in [7, 11) is 0. The summed E-state index contributed by atoms with van der Waals surface area (Å²) in [5.41, 5.74) is 5.19. The second-order valence-corrected chi connectivity index (χ2v) is 4.84. The Kier molecular flexibility index (Phi) is 5.65. The summed E-state index contributed by atoms with van der Waals surface area (Å²) in [6, 6.07) is 9.38. The zero-order chi connectivity index (χ0) is 15.1. The summed E-state index contributed by atoms with van der Waals surface area (Å²) < 4.78 is 0.